The number of methoxy groups -OCH3 is 1. The Kier molecular flexibility index (Phi) is 5.49. The van der Waals surface area contributed by atoms with Crippen LogP contribution in [0.5, 0.6) is 5.75 Å². The number of hydrogen-bond acceptors (Lipinski definition) is 1. The molecule has 2 aromatic rings. The molecule has 2 aromatic carbocycles. The zero-order valence-electron chi connectivity index (χ0n) is 12.1. The van der Waals surface area contributed by atoms with Crippen LogP contribution >= 0.6 is 11.6 Å². The lowest BCUT2D eigenvalue weighted by Gasteiger charge is -2.12. The largest absolute Gasteiger partial charge is 0.496 e. The van der Waals surface area contributed by atoms with E-state index >= 15 is 0 Å². The predicted molar refractivity (Wildman–Crippen MR) is 85.8 cm³/mol. The van der Waals surface area contributed by atoms with Crippen LogP contribution in [0.1, 0.15) is 23.1 Å². The molecule has 0 heterocycles. The van der Waals surface area contributed by atoms with E-state index in [4.69, 9.17) is 16.3 Å². The summed E-state index contributed by atoms with van der Waals surface area (Å²) in [7, 11) is 1.70. The molecule has 0 radical (unpaired) electrons. The van der Waals surface area contributed by atoms with Crippen LogP contribution in [0.3, 0.4) is 0 Å². The van der Waals surface area contributed by atoms with Crippen molar-refractivity contribution in [2.24, 2.45) is 0 Å². The second kappa shape index (κ2) is 7.35. The maximum absolute atomic E-state index is 6.48. The average Bonchev–Trinajstić information content (AvgIpc) is 2.46. The molecule has 106 valence electrons. The molecule has 0 N–H and O–H groups in total. The minimum Gasteiger partial charge on any atom is -0.496 e. The van der Waals surface area contributed by atoms with E-state index in [1.807, 2.05) is 18.2 Å². The quantitative estimate of drug-likeness (QED) is 0.695. The molecule has 0 spiro atoms. The van der Waals surface area contributed by atoms with E-state index in [1.165, 1.54) is 16.7 Å². The summed E-state index contributed by atoms with van der Waals surface area (Å²) in [6, 6.07) is 16.7. The van der Waals surface area contributed by atoms with Crippen LogP contribution in [0.2, 0.25) is 0 Å². The van der Waals surface area contributed by atoms with Crippen LogP contribution in [0.15, 0.2) is 48.5 Å². The Labute approximate surface area is 126 Å². The lowest BCUT2D eigenvalue weighted by Crippen LogP contribution is -2.06. The molecule has 0 aromatic heterocycles. The maximum atomic E-state index is 6.48. The minimum atomic E-state index is 0.131. The van der Waals surface area contributed by atoms with E-state index in [0.29, 0.717) is 0 Å². The van der Waals surface area contributed by atoms with Crippen molar-refractivity contribution >= 4 is 11.6 Å². The van der Waals surface area contributed by atoms with Crippen molar-refractivity contribution in [2.75, 3.05) is 7.11 Å². The third kappa shape index (κ3) is 4.28. The van der Waals surface area contributed by atoms with E-state index in [9.17, 15) is 0 Å². The van der Waals surface area contributed by atoms with Crippen molar-refractivity contribution in [1.82, 2.24) is 0 Å². The third-order valence-corrected chi connectivity index (χ3v) is 3.84. The van der Waals surface area contributed by atoms with Gasteiger partial charge in [0.25, 0.3) is 0 Å². The third-order valence-electron chi connectivity index (χ3n) is 3.46. The van der Waals surface area contributed by atoms with Gasteiger partial charge in [0.1, 0.15) is 5.75 Å². The highest BCUT2D eigenvalue weighted by Crippen LogP contribution is 2.22. The van der Waals surface area contributed by atoms with Crippen molar-refractivity contribution in [3.63, 3.8) is 0 Å². The van der Waals surface area contributed by atoms with Crippen molar-refractivity contribution in [3.05, 3.63) is 65.2 Å². The summed E-state index contributed by atoms with van der Waals surface area (Å²) in [6.07, 6.45) is 2.84. The van der Waals surface area contributed by atoms with Crippen molar-refractivity contribution in [3.8, 4) is 5.75 Å². The first kappa shape index (κ1) is 14.9. The molecule has 1 nitrogen and oxygen atoms in total. The zero-order valence-corrected chi connectivity index (χ0v) is 12.9. The van der Waals surface area contributed by atoms with Crippen LogP contribution in [0.4, 0.5) is 0 Å². The summed E-state index contributed by atoms with van der Waals surface area (Å²) in [5, 5.41) is 0.131. The summed E-state index contributed by atoms with van der Waals surface area (Å²) in [4.78, 5) is 0. The zero-order chi connectivity index (χ0) is 14.4. The standard InChI is InChI=1S/C18H21ClO/c1-14-6-5-7-15(12-14)10-11-17(19)13-16-8-3-4-9-18(16)20-2/h3-9,12,17H,10-11,13H2,1-2H3. The molecule has 0 aliphatic heterocycles. The van der Waals surface area contributed by atoms with Gasteiger partial charge < -0.3 is 4.74 Å². The van der Waals surface area contributed by atoms with Crippen molar-refractivity contribution in [1.29, 1.82) is 0 Å². The topological polar surface area (TPSA) is 9.23 Å². The minimum absolute atomic E-state index is 0.131. The lowest BCUT2D eigenvalue weighted by atomic mass is 10.0. The number of benzene rings is 2. The highest BCUT2D eigenvalue weighted by molar-refractivity contribution is 6.20. The molecule has 0 fully saturated rings. The summed E-state index contributed by atoms with van der Waals surface area (Å²) < 4.78 is 5.37. The predicted octanol–water partition coefficient (Wildman–Crippen LogP) is 4.79. The molecule has 2 rings (SSSR count). The lowest BCUT2D eigenvalue weighted by molar-refractivity contribution is 0.409. The summed E-state index contributed by atoms with van der Waals surface area (Å²) in [6.45, 7) is 2.12. The van der Waals surface area contributed by atoms with Gasteiger partial charge in [-0.1, -0.05) is 48.0 Å². The number of hydrogen-bond donors (Lipinski definition) is 0. The second-order valence-corrected chi connectivity index (χ2v) is 5.76. The Morgan fingerprint density at radius 1 is 1.10 bits per heavy atom. The normalized spacial score (nSPS) is 12.2. The molecule has 0 saturated heterocycles. The Balaban J connectivity index is 1.91. The number of halogens is 1. The summed E-state index contributed by atoms with van der Waals surface area (Å²) >= 11 is 6.48. The second-order valence-electron chi connectivity index (χ2n) is 5.14. The van der Waals surface area contributed by atoms with Gasteiger partial charge in [0.2, 0.25) is 0 Å². The summed E-state index contributed by atoms with van der Waals surface area (Å²) in [5.41, 5.74) is 3.84. The van der Waals surface area contributed by atoms with Crippen LogP contribution in [-0.2, 0) is 12.8 Å². The average molecular weight is 289 g/mol. The van der Waals surface area contributed by atoms with Crippen LogP contribution in [0.25, 0.3) is 0 Å². The number of ether oxygens (including phenoxy) is 1. The molecule has 0 aliphatic carbocycles. The van der Waals surface area contributed by atoms with Gasteiger partial charge in [-0.2, -0.15) is 0 Å². The van der Waals surface area contributed by atoms with E-state index in [0.717, 1.165) is 25.0 Å². The molecule has 2 heteroatoms. The number of para-hydroxylation sites is 1. The number of rotatable bonds is 6. The van der Waals surface area contributed by atoms with E-state index in [1.54, 1.807) is 7.11 Å². The van der Waals surface area contributed by atoms with Gasteiger partial charge in [0.15, 0.2) is 0 Å². The van der Waals surface area contributed by atoms with Crippen molar-refractivity contribution < 1.29 is 4.74 Å². The molecular weight excluding hydrogens is 268 g/mol. The van der Waals surface area contributed by atoms with Gasteiger partial charge >= 0.3 is 0 Å². The molecule has 20 heavy (non-hydrogen) atoms. The SMILES string of the molecule is COc1ccccc1CC(Cl)CCc1cccc(C)c1. The van der Waals surface area contributed by atoms with Gasteiger partial charge in [-0.25, -0.2) is 0 Å². The fraction of sp³-hybridized carbons (Fsp3) is 0.333. The Hall–Kier alpha value is -1.47. The fourth-order valence-electron chi connectivity index (χ4n) is 2.40. The van der Waals surface area contributed by atoms with E-state index in [-0.39, 0.29) is 5.38 Å². The number of aryl methyl sites for hydroxylation is 2. The van der Waals surface area contributed by atoms with Crippen LogP contribution < -0.4 is 4.74 Å². The Morgan fingerprint density at radius 3 is 2.65 bits per heavy atom. The Bertz CT molecular complexity index is 551. The van der Waals surface area contributed by atoms with Gasteiger partial charge in [0, 0.05) is 5.38 Å². The van der Waals surface area contributed by atoms with Crippen molar-refractivity contribution in [2.45, 2.75) is 31.6 Å². The Morgan fingerprint density at radius 2 is 1.90 bits per heavy atom. The van der Waals surface area contributed by atoms with E-state index < -0.39 is 0 Å². The fourth-order valence-corrected chi connectivity index (χ4v) is 2.68. The highest BCUT2D eigenvalue weighted by atomic mass is 35.5. The first-order chi connectivity index (χ1) is 9.69. The van der Waals surface area contributed by atoms with Gasteiger partial charge in [0.05, 0.1) is 7.11 Å². The molecule has 1 atom stereocenters. The molecular formula is C18H21ClO. The number of alkyl halides is 1. The molecule has 0 aliphatic rings. The summed E-state index contributed by atoms with van der Waals surface area (Å²) in [5.74, 6) is 0.925. The first-order valence-corrected chi connectivity index (χ1v) is 7.44. The van der Waals surface area contributed by atoms with E-state index in [2.05, 4.69) is 37.3 Å². The van der Waals surface area contributed by atoms with Gasteiger partial charge in [-0.3, -0.25) is 0 Å². The van der Waals surface area contributed by atoms with Gasteiger partial charge in [-0.15, -0.1) is 11.6 Å². The van der Waals surface area contributed by atoms with Crippen LogP contribution in [-0.4, -0.2) is 12.5 Å². The molecule has 0 bridgehead atoms. The maximum Gasteiger partial charge on any atom is 0.122 e. The van der Waals surface area contributed by atoms with Crippen LogP contribution in [0, 0.1) is 6.92 Å². The smallest absolute Gasteiger partial charge is 0.122 e. The molecule has 0 amide bonds. The molecule has 0 saturated carbocycles. The van der Waals surface area contributed by atoms with Gasteiger partial charge in [-0.05, 0) is 43.4 Å². The highest BCUT2D eigenvalue weighted by Gasteiger charge is 2.10. The molecule has 1 unspecified atom stereocenters. The monoisotopic (exact) mass is 288 g/mol. The first-order valence-electron chi connectivity index (χ1n) is 7.00.